The van der Waals surface area contributed by atoms with Crippen LogP contribution in [-0.2, 0) is 6.42 Å². The van der Waals surface area contributed by atoms with Gasteiger partial charge >= 0.3 is 0 Å². The van der Waals surface area contributed by atoms with Crippen molar-refractivity contribution in [1.82, 2.24) is 4.98 Å². The van der Waals surface area contributed by atoms with Crippen molar-refractivity contribution in [2.75, 3.05) is 18.0 Å². The average Bonchev–Trinajstić information content (AvgIpc) is 2.78. The van der Waals surface area contributed by atoms with Gasteiger partial charge in [-0.3, -0.25) is 0 Å². The van der Waals surface area contributed by atoms with Gasteiger partial charge in [-0.2, -0.15) is 0 Å². The maximum absolute atomic E-state index is 5.75. The van der Waals surface area contributed by atoms with E-state index in [2.05, 4.69) is 36.1 Å². The second kappa shape index (κ2) is 4.00. The van der Waals surface area contributed by atoms with E-state index < -0.39 is 0 Å². The zero-order valence-corrected chi connectivity index (χ0v) is 10.1. The summed E-state index contributed by atoms with van der Waals surface area (Å²) >= 11 is 0. The minimum atomic E-state index is 0.366. The molecule has 1 aliphatic heterocycles. The second-order valence-electron chi connectivity index (χ2n) is 4.69. The molecule has 1 aromatic heterocycles. The van der Waals surface area contributed by atoms with E-state index in [9.17, 15) is 0 Å². The Bertz CT molecular complexity index is 550. The molecular formula is C14H17N3. The van der Waals surface area contributed by atoms with Crippen LogP contribution in [0.4, 0.5) is 5.82 Å². The second-order valence-corrected chi connectivity index (χ2v) is 4.69. The zero-order valence-electron chi connectivity index (χ0n) is 10.1. The van der Waals surface area contributed by atoms with Crippen LogP contribution in [0.15, 0.2) is 30.3 Å². The number of anilines is 1. The van der Waals surface area contributed by atoms with Crippen LogP contribution in [0.2, 0.25) is 0 Å². The Morgan fingerprint density at radius 3 is 3.06 bits per heavy atom. The summed E-state index contributed by atoms with van der Waals surface area (Å²) in [6.45, 7) is 3.87. The lowest BCUT2D eigenvalue weighted by Gasteiger charge is -2.25. The minimum Gasteiger partial charge on any atom is -0.352 e. The van der Waals surface area contributed by atoms with Crippen molar-refractivity contribution < 1.29 is 0 Å². The number of hydrogen-bond acceptors (Lipinski definition) is 3. The monoisotopic (exact) mass is 227 g/mol. The number of nitrogens with two attached hydrogens (primary N) is 1. The Balaban J connectivity index is 2.11. The third-order valence-corrected chi connectivity index (χ3v) is 3.55. The fraction of sp³-hybridized carbons (Fsp3) is 0.357. The zero-order chi connectivity index (χ0) is 11.8. The summed E-state index contributed by atoms with van der Waals surface area (Å²) in [7, 11) is 0. The summed E-state index contributed by atoms with van der Waals surface area (Å²) in [6.07, 6.45) is 1.08. The smallest absolute Gasteiger partial charge is 0.132 e. The molecule has 3 nitrogen and oxygen atoms in total. The molecule has 0 amide bonds. The normalized spacial score (nSPS) is 16.2. The molecule has 2 heterocycles. The molecule has 1 unspecified atom stereocenters. The lowest BCUT2D eigenvalue weighted by atomic mass is 10.1. The van der Waals surface area contributed by atoms with Gasteiger partial charge in [0.15, 0.2) is 0 Å². The van der Waals surface area contributed by atoms with Crippen LogP contribution in [0.1, 0.15) is 12.5 Å². The predicted octanol–water partition coefficient (Wildman–Crippen LogP) is 1.94. The highest BCUT2D eigenvalue weighted by Crippen LogP contribution is 2.30. The molecule has 0 fully saturated rings. The van der Waals surface area contributed by atoms with Gasteiger partial charge in [0.25, 0.3) is 0 Å². The van der Waals surface area contributed by atoms with Gasteiger partial charge in [-0.15, -0.1) is 0 Å². The van der Waals surface area contributed by atoms with Crippen LogP contribution in [0.5, 0.6) is 0 Å². The molecular weight excluding hydrogens is 210 g/mol. The summed E-state index contributed by atoms with van der Waals surface area (Å²) in [6, 6.07) is 10.9. The number of rotatable bonds is 2. The van der Waals surface area contributed by atoms with E-state index in [1.165, 1.54) is 10.9 Å². The Labute approximate surface area is 101 Å². The van der Waals surface area contributed by atoms with E-state index in [4.69, 9.17) is 10.7 Å². The fourth-order valence-corrected chi connectivity index (χ4v) is 2.49. The van der Waals surface area contributed by atoms with Crippen molar-refractivity contribution >= 4 is 16.7 Å². The quantitative estimate of drug-likeness (QED) is 0.852. The largest absolute Gasteiger partial charge is 0.352 e. The van der Waals surface area contributed by atoms with E-state index in [1.807, 2.05) is 6.07 Å². The highest BCUT2D eigenvalue weighted by atomic mass is 15.2. The standard InChI is InChI=1S/C14H17N3/c1-10(9-15)17-7-6-12-8-11-4-2-3-5-13(11)16-14(12)17/h2-5,8,10H,6-7,9,15H2,1H3. The lowest BCUT2D eigenvalue weighted by Crippen LogP contribution is -2.37. The highest BCUT2D eigenvalue weighted by Gasteiger charge is 2.24. The number of benzene rings is 1. The summed E-state index contributed by atoms with van der Waals surface area (Å²) in [5.41, 5.74) is 8.17. The topological polar surface area (TPSA) is 42.1 Å². The van der Waals surface area contributed by atoms with Crippen molar-refractivity contribution in [3.05, 3.63) is 35.9 Å². The summed E-state index contributed by atoms with van der Waals surface area (Å²) < 4.78 is 0. The lowest BCUT2D eigenvalue weighted by molar-refractivity contribution is 0.658. The molecule has 88 valence electrons. The Kier molecular flexibility index (Phi) is 2.48. The first-order chi connectivity index (χ1) is 8.29. The number of hydrogen-bond donors (Lipinski definition) is 1. The summed E-state index contributed by atoms with van der Waals surface area (Å²) in [5.74, 6) is 1.13. The van der Waals surface area contributed by atoms with Crippen molar-refractivity contribution in [2.45, 2.75) is 19.4 Å². The van der Waals surface area contributed by atoms with Crippen molar-refractivity contribution in [2.24, 2.45) is 5.73 Å². The number of para-hydroxylation sites is 1. The fourth-order valence-electron chi connectivity index (χ4n) is 2.49. The van der Waals surface area contributed by atoms with Gasteiger partial charge in [0.1, 0.15) is 5.82 Å². The van der Waals surface area contributed by atoms with Gasteiger partial charge in [-0.1, -0.05) is 18.2 Å². The van der Waals surface area contributed by atoms with Gasteiger partial charge in [0, 0.05) is 24.5 Å². The molecule has 0 aliphatic carbocycles. The van der Waals surface area contributed by atoms with Crippen LogP contribution < -0.4 is 10.6 Å². The molecule has 0 radical (unpaired) electrons. The molecule has 1 atom stereocenters. The van der Waals surface area contributed by atoms with E-state index >= 15 is 0 Å². The molecule has 0 saturated heterocycles. The highest BCUT2D eigenvalue weighted by molar-refractivity contribution is 5.82. The van der Waals surface area contributed by atoms with Crippen LogP contribution in [-0.4, -0.2) is 24.1 Å². The predicted molar refractivity (Wildman–Crippen MR) is 71.3 cm³/mol. The maximum Gasteiger partial charge on any atom is 0.132 e. The molecule has 1 aliphatic rings. The van der Waals surface area contributed by atoms with Crippen LogP contribution >= 0.6 is 0 Å². The van der Waals surface area contributed by atoms with Gasteiger partial charge in [0.05, 0.1) is 5.52 Å². The summed E-state index contributed by atoms with van der Waals surface area (Å²) in [5, 5.41) is 1.23. The van der Waals surface area contributed by atoms with Crippen LogP contribution in [0.3, 0.4) is 0 Å². The van der Waals surface area contributed by atoms with Crippen molar-refractivity contribution in [3.8, 4) is 0 Å². The van der Waals surface area contributed by atoms with Crippen molar-refractivity contribution in [3.63, 3.8) is 0 Å². The number of nitrogens with zero attached hydrogens (tertiary/aromatic N) is 2. The first-order valence-corrected chi connectivity index (χ1v) is 6.15. The van der Waals surface area contributed by atoms with Crippen LogP contribution in [0.25, 0.3) is 10.9 Å². The number of fused-ring (bicyclic) bond motifs is 2. The molecule has 2 aromatic rings. The third-order valence-electron chi connectivity index (χ3n) is 3.55. The van der Waals surface area contributed by atoms with Gasteiger partial charge in [-0.05, 0) is 31.0 Å². The van der Waals surface area contributed by atoms with E-state index in [1.54, 1.807) is 0 Å². The Morgan fingerprint density at radius 2 is 2.24 bits per heavy atom. The molecule has 3 rings (SSSR count). The molecule has 17 heavy (non-hydrogen) atoms. The van der Waals surface area contributed by atoms with E-state index in [-0.39, 0.29) is 0 Å². The molecule has 0 bridgehead atoms. The maximum atomic E-state index is 5.75. The SMILES string of the molecule is CC(CN)N1CCc2cc3ccccc3nc21. The average molecular weight is 227 g/mol. The first-order valence-electron chi connectivity index (χ1n) is 6.15. The number of aromatic nitrogens is 1. The van der Waals surface area contributed by atoms with Gasteiger partial charge in [-0.25, -0.2) is 4.98 Å². The molecule has 2 N–H and O–H groups in total. The minimum absolute atomic E-state index is 0.366. The summed E-state index contributed by atoms with van der Waals surface area (Å²) in [4.78, 5) is 7.10. The molecule has 0 spiro atoms. The third kappa shape index (κ3) is 1.67. The van der Waals surface area contributed by atoms with Crippen LogP contribution in [0, 0.1) is 0 Å². The Hall–Kier alpha value is -1.61. The number of pyridine rings is 1. The molecule has 3 heteroatoms. The van der Waals surface area contributed by atoms with E-state index in [0.717, 1.165) is 24.3 Å². The van der Waals surface area contributed by atoms with E-state index in [0.29, 0.717) is 12.6 Å². The van der Waals surface area contributed by atoms with Crippen molar-refractivity contribution in [1.29, 1.82) is 0 Å². The Morgan fingerprint density at radius 1 is 1.41 bits per heavy atom. The van der Waals surface area contributed by atoms with Gasteiger partial charge in [0.2, 0.25) is 0 Å². The molecule has 0 saturated carbocycles. The first kappa shape index (κ1) is 10.5. The van der Waals surface area contributed by atoms with Gasteiger partial charge < -0.3 is 10.6 Å². The molecule has 1 aromatic carbocycles.